The Kier molecular flexibility index (Phi) is 2.82. The van der Waals surface area contributed by atoms with Crippen molar-refractivity contribution in [1.29, 1.82) is 0 Å². The maximum atomic E-state index is 5.77. The molecule has 1 saturated heterocycles. The summed E-state index contributed by atoms with van der Waals surface area (Å²) in [7, 11) is 0. The molecular weight excluding hydrogens is 218 g/mol. The predicted molar refractivity (Wildman–Crippen MR) is 64.3 cm³/mol. The Labute approximate surface area is 99.9 Å². The van der Waals surface area contributed by atoms with Crippen molar-refractivity contribution in [2.45, 2.75) is 31.4 Å². The Morgan fingerprint density at radius 1 is 1.35 bits per heavy atom. The topological polar surface area (TPSA) is 85.1 Å². The van der Waals surface area contributed by atoms with E-state index >= 15 is 0 Å². The van der Waals surface area contributed by atoms with E-state index in [1.807, 2.05) is 6.07 Å². The fraction of sp³-hybridized carbons (Fsp3) is 0.636. The van der Waals surface area contributed by atoms with Crippen molar-refractivity contribution in [3.8, 4) is 0 Å². The SMILES string of the molecule is NNc1nccc(NC2CCOC2C2CC2)n1. The van der Waals surface area contributed by atoms with E-state index < -0.39 is 0 Å². The first-order valence-electron chi connectivity index (χ1n) is 6.04. The standard InChI is InChI=1S/C11H17N5O/c12-16-11-13-5-3-9(15-11)14-8-4-6-17-10(8)7-1-2-7/h3,5,7-8,10H,1-2,4,6,12H2,(H2,13,14,15,16). The molecule has 2 aliphatic rings. The Balaban J connectivity index is 1.68. The Morgan fingerprint density at radius 3 is 3.00 bits per heavy atom. The maximum Gasteiger partial charge on any atom is 0.239 e. The summed E-state index contributed by atoms with van der Waals surface area (Å²) in [6.07, 6.45) is 5.66. The second kappa shape index (κ2) is 4.46. The van der Waals surface area contributed by atoms with Gasteiger partial charge in [0.15, 0.2) is 0 Å². The molecule has 6 heteroatoms. The number of ether oxygens (including phenoxy) is 1. The second-order valence-corrected chi connectivity index (χ2v) is 4.62. The van der Waals surface area contributed by atoms with Crippen molar-refractivity contribution in [3.05, 3.63) is 12.3 Å². The third-order valence-corrected chi connectivity index (χ3v) is 3.34. The number of anilines is 2. The van der Waals surface area contributed by atoms with E-state index in [-0.39, 0.29) is 0 Å². The third-order valence-electron chi connectivity index (χ3n) is 3.34. The molecule has 2 fully saturated rings. The lowest BCUT2D eigenvalue weighted by molar-refractivity contribution is 0.0898. The van der Waals surface area contributed by atoms with Crippen LogP contribution in [0.25, 0.3) is 0 Å². The molecule has 0 amide bonds. The monoisotopic (exact) mass is 235 g/mol. The van der Waals surface area contributed by atoms with Gasteiger partial charge in [0.2, 0.25) is 5.95 Å². The zero-order valence-corrected chi connectivity index (χ0v) is 9.60. The summed E-state index contributed by atoms with van der Waals surface area (Å²) in [5, 5.41) is 3.42. The minimum atomic E-state index is 0.347. The van der Waals surface area contributed by atoms with Crippen LogP contribution in [0.5, 0.6) is 0 Å². The number of nitrogens with zero attached hydrogens (tertiary/aromatic N) is 2. The zero-order valence-electron chi connectivity index (χ0n) is 9.60. The summed E-state index contributed by atoms with van der Waals surface area (Å²) in [5.41, 5.74) is 2.45. The van der Waals surface area contributed by atoms with E-state index in [0.717, 1.165) is 24.8 Å². The normalized spacial score (nSPS) is 28.1. The average Bonchev–Trinajstić information content (AvgIpc) is 3.11. The molecule has 4 N–H and O–H groups in total. The van der Waals surface area contributed by atoms with Crippen LogP contribution in [0.2, 0.25) is 0 Å². The van der Waals surface area contributed by atoms with E-state index in [4.69, 9.17) is 10.6 Å². The van der Waals surface area contributed by atoms with Crippen molar-refractivity contribution >= 4 is 11.8 Å². The van der Waals surface area contributed by atoms with Crippen molar-refractivity contribution in [2.75, 3.05) is 17.3 Å². The van der Waals surface area contributed by atoms with Crippen LogP contribution in [0.1, 0.15) is 19.3 Å². The summed E-state index contributed by atoms with van der Waals surface area (Å²) in [6, 6.07) is 2.21. The summed E-state index contributed by atoms with van der Waals surface area (Å²) >= 11 is 0. The number of nitrogen functional groups attached to an aromatic ring is 1. The van der Waals surface area contributed by atoms with Gasteiger partial charge in [-0.15, -0.1) is 0 Å². The smallest absolute Gasteiger partial charge is 0.239 e. The largest absolute Gasteiger partial charge is 0.376 e. The Morgan fingerprint density at radius 2 is 2.24 bits per heavy atom. The van der Waals surface area contributed by atoms with E-state index in [1.54, 1.807) is 6.20 Å². The number of nitrogens with one attached hydrogen (secondary N) is 2. The number of hydrogen-bond acceptors (Lipinski definition) is 6. The number of rotatable bonds is 4. The summed E-state index contributed by atoms with van der Waals surface area (Å²) in [4.78, 5) is 8.24. The molecule has 1 aromatic heterocycles. The summed E-state index contributed by atoms with van der Waals surface area (Å²) in [5.74, 6) is 7.25. The summed E-state index contributed by atoms with van der Waals surface area (Å²) < 4.78 is 5.77. The van der Waals surface area contributed by atoms with E-state index in [1.165, 1.54) is 12.8 Å². The highest BCUT2D eigenvalue weighted by molar-refractivity contribution is 5.40. The number of hydrogen-bond donors (Lipinski definition) is 3. The van der Waals surface area contributed by atoms with Crippen molar-refractivity contribution in [1.82, 2.24) is 9.97 Å². The number of aromatic nitrogens is 2. The van der Waals surface area contributed by atoms with Crippen LogP contribution in [0.3, 0.4) is 0 Å². The highest BCUT2D eigenvalue weighted by atomic mass is 16.5. The molecule has 2 unspecified atom stereocenters. The molecular formula is C11H17N5O. The molecule has 0 bridgehead atoms. The molecule has 1 aromatic rings. The third kappa shape index (κ3) is 2.32. The van der Waals surface area contributed by atoms with Gasteiger partial charge in [-0.05, 0) is 31.2 Å². The zero-order chi connectivity index (χ0) is 11.7. The Hall–Kier alpha value is -1.40. The summed E-state index contributed by atoms with van der Waals surface area (Å²) in [6.45, 7) is 0.839. The van der Waals surface area contributed by atoms with Crippen LogP contribution in [0.15, 0.2) is 12.3 Å². The molecule has 6 nitrogen and oxygen atoms in total. The molecule has 2 atom stereocenters. The fourth-order valence-electron chi connectivity index (χ4n) is 2.35. The lowest BCUT2D eigenvalue weighted by atomic mass is 10.1. The first kappa shape index (κ1) is 10.7. The number of nitrogens with two attached hydrogens (primary N) is 1. The molecule has 1 aliphatic carbocycles. The van der Waals surface area contributed by atoms with Gasteiger partial charge in [0.05, 0.1) is 12.1 Å². The van der Waals surface area contributed by atoms with Crippen molar-refractivity contribution in [2.24, 2.45) is 11.8 Å². The molecule has 1 saturated carbocycles. The molecule has 17 heavy (non-hydrogen) atoms. The minimum Gasteiger partial charge on any atom is -0.376 e. The lowest BCUT2D eigenvalue weighted by Crippen LogP contribution is -2.31. The highest BCUT2D eigenvalue weighted by Crippen LogP contribution is 2.39. The molecule has 1 aliphatic heterocycles. The van der Waals surface area contributed by atoms with Gasteiger partial charge in [-0.3, -0.25) is 5.43 Å². The lowest BCUT2D eigenvalue weighted by Gasteiger charge is -2.19. The Bertz CT molecular complexity index is 395. The van der Waals surface area contributed by atoms with Crippen LogP contribution >= 0.6 is 0 Å². The fourth-order valence-corrected chi connectivity index (χ4v) is 2.35. The van der Waals surface area contributed by atoms with Crippen molar-refractivity contribution in [3.63, 3.8) is 0 Å². The van der Waals surface area contributed by atoms with Crippen LogP contribution in [0.4, 0.5) is 11.8 Å². The molecule has 2 heterocycles. The maximum absolute atomic E-state index is 5.77. The van der Waals surface area contributed by atoms with Crippen LogP contribution < -0.4 is 16.6 Å². The predicted octanol–water partition coefficient (Wildman–Crippen LogP) is 0.742. The highest BCUT2D eigenvalue weighted by Gasteiger charge is 2.40. The van der Waals surface area contributed by atoms with Crippen LogP contribution in [-0.2, 0) is 4.74 Å². The van der Waals surface area contributed by atoms with Gasteiger partial charge >= 0.3 is 0 Å². The van der Waals surface area contributed by atoms with E-state index in [2.05, 4.69) is 20.7 Å². The molecule has 3 rings (SSSR count). The van der Waals surface area contributed by atoms with Crippen LogP contribution in [-0.4, -0.2) is 28.7 Å². The number of hydrazine groups is 1. The van der Waals surface area contributed by atoms with Gasteiger partial charge in [-0.1, -0.05) is 0 Å². The van der Waals surface area contributed by atoms with Gasteiger partial charge < -0.3 is 10.1 Å². The molecule has 0 radical (unpaired) electrons. The van der Waals surface area contributed by atoms with Gasteiger partial charge in [0, 0.05) is 12.8 Å². The van der Waals surface area contributed by atoms with Crippen LogP contribution in [0, 0.1) is 5.92 Å². The first-order valence-corrected chi connectivity index (χ1v) is 6.04. The average molecular weight is 235 g/mol. The van der Waals surface area contributed by atoms with E-state index in [9.17, 15) is 0 Å². The first-order chi connectivity index (χ1) is 8.36. The molecule has 0 spiro atoms. The molecule has 0 aromatic carbocycles. The van der Waals surface area contributed by atoms with Crippen molar-refractivity contribution < 1.29 is 4.74 Å². The minimum absolute atomic E-state index is 0.347. The van der Waals surface area contributed by atoms with Gasteiger partial charge in [-0.2, -0.15) is 4.98 Å². The molecule has 92 valence electrons. The van der Waals surface area contributed by atoms with Gasteiger partial charge in [0.1, 0.15) is 5.82 Å². The van der Waals surface area contributed by atoms with Gasteiger partial charge in [-0.25, -0.2) is 10.8 Å². The quantitative estimate of drug-likeness (QED) is 0.527. The van der Waals surface area contributed by atoms with Gasteiger partial charge in [0.25, 0.3) is 0 Å². The second-order valence-electron chi connectivity index (χ2n) is 4.62. The van der Waals surface area contributed by atoms with E-state index in [0.29, 0.717) is 18.1 Å².